The van der Waals surface area contributed by atoms with Crippen molar-refractivity contribution in [2.75, 3.05) is 14.2 Å². The monoisotopic (exact) mass is 760 g/mol. The van der Waals surface area contributed by atoms with Crippen LogP contribution in [0.1, 0.15) is 88.4 Å². The van der Waals surface area contributed by atoms with E-state index in [1.807, 2.05) is 61.9 Å². The minimum atomic E-state index is -0.688. The van der Waals surface area contributed by atoms with Gasteiger partial charge in [0.05, 0.1) is 44.4 Å². The molecule has 4 aromatic rings. The van der Waals surface area contributed by atoms with E-state index < -0.39 is 24.3 Å². The van der Waals surface area contributed by atoms with Crippen LogP contribution in [-0.2, 0) is 19.1 Å². The van der Waals surface area contributed by atoms with E-state index >= 15 is 0 Å². The average Bonchev–Trinajstić information content (AvgIpc) is 3.79. The van der Waals surface area contributed by atoms with Crippen molar-refractivity contribution < 1.29 is 28.7 Å². The van der Waals surface area contributed by atoms with Gasteiger partial charge in [-0.1, -0.05) is 51.8 Å². The molecule has 4 fully saturated rings. The summed E-state index contributed by atoms with van der Waals surface area (Å²) in [4.78, 5) is 71.6. The van der Waals surface area contributed by atoms with Crippen LogP contribution in [0.2, 0.25) is 0 Å². The Balaban J connectivity index is 0.951. The first kappa shape index (κ1) is 37.1. The van der Waals surface area contributed by atoms with E-state index in [1.165, 1.54) is 14.2 Å². The number of benzene rings is 2. The number of amides is 4. The molecular weight excluding hydrogens is 713 g/mol. The fourth-order valence-electron chi connectivity index (χ4n) is 8.61. The fourth-order valence-corrected chi connectivity index (χ4v) is 8.61. The molecule has 4 heterocycles. The minimum absolute atomic E-state index is 0.102. The SMILES string of the molecule is COC(=O)N[C@H](C(=O)N1C2C[C@@H]2C[C@H]1c1ncc(-c2ccc3cc(C#Cc4cnc([C@@H]5CC6C[C@H]6N5C(=O)[C@@H](NC(=O)OC)C(C)C)[nH]4)ccc3c2)[nH]1)C(C)C. The lowest BCUT2D eigenvalue weighted by atomic mass is 10.0. The second-order valence-corrected chi connectivity index (χ2v) is 16.2. The Hall–Kier alpha value is -5.84. The first-order valence-electron chi connectivity index (χ1n) is 19.4. The summed E-state index contributed by atoms with van der Waals surface area (Å²) in [5.41, 5.74) is 3.35. The van der Waals surface area contributed by atoms with Crippen molar-refractivity contribution in [3.63, 3.8) is 0 Å². The zero-order chi connectivity index (χ0) is 39.4. The number of carbonyl (C=O) groups excluding carboxylic acids is 4. The van der Waals surface area contributed by atoms with Crippen LogP contribution in [0.4, 0.5) is 9.59 Å². The molecule has 2 aliphatic heterocycles. The lowest BCUT2D eigenvalue weighted by Gasteiger charge is -2.31. The molecule has 2 unspecified atom stereocenters. The zero-order valence-electron chi connectivity index (χ0n) is 32.5. The average molecular weight is 761 g/mol. The highest BCUT2D eigenvalue weighted by atomic mass is 16.5. The molecule has 2 aromatic carbocycles. The number of hydrogen-bond donors (Lipinski definition) is 4. The number of ether oxygens (including phenoxy) is 2. The fraction of sp³-hybridized carbons (Fsp3) is 0.476. The van der Waals surface area contributed by atoms with Crippen LogP contribution < -0.4 is 10.6 Å². The van der Waals surface area contributed by atoms with E-state index in [9.17, 15) is 19.2 Å². The Labute approximate surface area is 325 Å². The van der Waals surface area contributed by atoms with E-state index in [0.29, 0.717) is 23.4 Å². The minimum Gasteiger partial charge on any atom is -0.453 e. The van der Waals surface area contributed by atoms with Crippen LogP contribution in [0.3, 0.4) is 0 Å². The predicted molar refractivity (Wildman–Crippen MR) is 207 cm³/mol. The van der Waals surface area contributed by atoms with Crippen molar-refractivity contribution in [1.29, 1.82) is 0 Å². The van der Waals surface area contributed by atoms with Crippen molar-refractivity contribution in [3.8, 4) is 23.1 Å². The number of nitrogens with one attached hydrogen (secondary N) is 4. The molecule has 2 saturated heterocycles. The van der Waals surface area contributed by atoms with E-state index in [2.05, 4.69) is 55.6 Å². The van der Waals surface area contributed by atoms with Gasteiger partial charge in [0.2, 0.25) is 11.8 Å². The van der Waals surface area contributed by atoms with Gasteiger partial charge >= 0.3 is 12.2 Å². The van der Waals surface area contributed by atoms with Crippen LogP contribution in [0.15, 0.2) is 48.8 Å². The molecule has 0 bridgehead atoms. The zero-order valence-corrected chi connectivity index (χ0v) is 32.5. The molecule has 4 aliphatic rings. The number of piperidine rings is 2. The second kappa shape index (κ2) is 14.7. The summed E-state index contributed by atoms with van der Waals surface area (Å²) in [7, 11) is 2.59. The standard InChI is InChI=1S/C42H48N8O6/c1-21(2)35(47-41(53)55-5)39(51)49-31-15-27(31)17-33(49)37-43-19-29(45-37)12-8-23-7-9-25-14-26(11-10-24(25)13-23)30-20-44-38(46-30)34-18-28-16-32(28)50(34)40(52)36(22(3)4)48-42(54)56-6/h7,9-11,13-14,19-22,27-28,31-36H,15-18H2,1-6H3,(H,43,45)(H,44,46)(H,47,53)(H,48,54)/t27?,28-,31-,32?,33+,34+,35+,36+/m1/s1. The third-order valence-corrected chi connectivity index (χ3v) is 11.8. The lowest BCUT2D eigenvalue weighted by Crippen LogP contribution is -2.52. The second-order valence-electron chi connectivity index (χ2n) is 16.2. The van der Waals surface area contributed by atoms with Crippen LogP contribution in [0.25, 0.3) is 22.0 Å². The Bertz CT molecular complexity index is 2250. The summed E-state index contributed by atoms with van der Waals surface area (Å²) in [6.07, 6.45) is 5.88. The van der Waals surface area contributed by atoms with Crippen molar-refractivity contribution in [2.24, 2.45) is 23.7 Å². The molecule has 292 valence electrons. The molecule has 2 aromatic heterocycles. The highest BCUT2D eigenvalue weighted by Gasteiger charge is 2.57. The molecule has 0 spiro atoms. The van der Waals surface area contributed by atoms with Gasteiger partial charge < -0.3 is 39.9 Å². The number of carbonyl (C=O) groups is 4. The molecule has 8 atom stereocenters. The van der Waals surface area contributed by atoms with Crippen molar-refractivity contribution in [3.05, 3.63) is 71.7 Å². The molecule has 8 rings (SSSR count). The molecule has 14 heteroatoms. The summed E-state index contributed by atoms with van der Waals surface area (Å²) in [5.74, 6) is 8.35. The smallest absolute Gasteiger partial charge is 0.407 e. The van der Waals surface area contributed by atoms with E-state index in [1.54, 1.807) is 6.20 Å². The van der Waals surface area contributed by atoms with Gasteiger partial charge in [-0.25, -0.2) is 19.6 Å². The molecule has 4 amide bonds. The molecule has 2 aliphatic carbocycles. The molecule has 4 N–H and O–H groups in total. The Morgan fingerprint density at radius 1 is 0.714 bits per heavy atom. The third kappa shape index (κ3) is 7.06. The number of H-pyrrole nitrogens is 2. The van der Waals surface area contributed by atoms with Crippen LogP contribution >= 0.6 is 0 Å². The van der Waals surface area contributed by atoms with Gasteiger partial charge in [-0.2, -0.15) is 0 Å². The number of rotatable bonds is 9. The van der Waals surface area contributed by atoms with E-state index in [0.717, 1.165) is 59.1 Å². The summed E-state index contributed by atoms with van der Waals surface area (Å²) < 4.78 is 9.57. The maximum atomic E-state index is 13.8. The lowest BCUT2D eigenvalue weighted by molar-refractivity contribution is -0.137. The van der Waals surface area contributed by atoms with Crippen LogP contribution in [0, 0.1) is 35.5 Å². The van der Waals surface area contributed by atoms with Crippen LogP contribution in [-0.4, -0.2) is 92.1 Å². The third-order valence-electron chi connectivity index (χ3n) is 11.8. The topological polar surface area (TPSA) is 175 Å². The van der Waals surface area contributed by atoms with Crippen LogP contribution in [0.5, 0.6) is 0 Å². The van der Waals surface area contributed by atoms with Crippen molar-refractivity contribution in [1.82, 2.24) is 40.4 Å². The van der Waals surface area contributed by atoms with Gasteiger partial charge in [0.15, 0.2) is 0 Å². The van der Waals surface area contributed by atoms with Crippen molar-refractivity contribution in [2.45, 2.75) is 89.6 Å². The molecule has 56 heavy (non-hydrogen) atoms. The van der Waals surface area contributed by atoms with Gasteiger partial charge in [-0.15, -0.1) is 0 Å². The Kier molecular flexibility index (Phi) is 9.72. The number of hydrogen-bond acceptors (Lipinski definition) is 8. The van der Waals surface area contributed by atoms with Gasteiger partial charge in [0.25, 0.3) is 0 Å². The first-order chi connectivity index (χ1) is 26.9. The number of fused-ring (bicyclic) bond motifs is 3. The maximum absolute atomic E-state index is 13.8. The number of methoxy groups -OCH3 is 2. The molecule has 14 nitrogen and oxygen atoms in total. The normalized spacial score (nSPS) is 24.2. The molecule has 2 saturated carbocycles. The number of aromatic amines is 2. The highest BCUT2D eigenvalue weighted by molar-refractivity contribution is 5.89. The number of nitrogens with zero attached hydrogens (tertiary/aromatic N) is 4. The van der Waals surface area contributed by atoms with Gasteiger partial charge in [-0.3, -0.25) is 9.59 Å². The molecular formula is C42H48N8O6. The molecule has 0 radical (unpaired) electrons. The summed E-state index contributed by atoms with van der Waals surface area (Å²) in [6, 6.07) is 10.9. The largest absolute Gasteiger partial charge is 0.453 e. The summed E-state index contributed by atoms with van der Waals surface area (Å²) in [6.45, 7) is 7.65. The van der Waals surface area contributed by atoms with Gasteiger partial charge in [0, 0.05) is 23.2 Å². The highest BCUT2D eigenvalue weighted by Crippen LogP contribution is 2.54. The summed E-state index contributed by atoms with van der Waals surface area (Å²) >= 11 is 0. The number of aromatic nitrogens is 4. The Morgan fingerprint density at radius 3 is 1.82 bits per heavy atom. The van der Waals surface area contributed by atoms with Crippen molar-refractivity contribution >= 4 is 34.8 Å². The number of alkyl carbamates (subject to hydrolysis) is 2. The van der Waals surface area contributed by atoms with Gasteiger partial charge in [-0.05, 0) is 84.2 Å². The first-order valence-corrected chi connectivity index (χ1v) is 19.4. The van der Waals surface area contributed by atoms with E-state index in [-0.39, 0.29) is 47.8 Å². The Morgan fingerprint density at radius 2 is 1.25 bits per heavy atom. The number of likely N-dealkylation sites (tertiary alicyclic amines) is 2. The van der Waals surface area contributed by atoms with Gasteiger partial charge in [0.1, 0.15) is 29.4 Å². The quantitative estimate of drug-likeness (QED) is 0.163. The maximum Gasteiger partial charge on any atom is 0.407 e. The summed E-state index contributed by atoms with van der Waals surface area (Å²) in [5, 5.41) is 7.53. The number of imidazole rings is 2. The predicted octanol–water partition coefficient (Wildman–Crippen LogP) is 5.44. The van der Waals surface area contributed by atoms with E-state index in [4.69, 9.17) is 14.5 Å².